The van der Waals surface area contributed by atoms with E-state index in [0.29, 0.717) is 0 Å². The summed E-state index contributed by atoms with van der Waals surface area (Å²) in [5.41, 5.74) is 1.02. The minimum atomic E-state index is -3.52. The Balaban J connectivity index is 2.39. The van der Waals surface area contributed by atoms with E-state index in [1.807, 2.05) is 6.92 Å². The number of aliphatic imine (C=N–C) groups is 1. The molecule has 88 valence electrons. The number of nitrogens with zero attached hydrogens (tertiary/aromatic N) is 2. The van der Waals surface area contributed by atoms with Crippen molar-refractivity contribution in [3.05, 3.63) is 54.5 Å². The molecule has 0 aliphatic carbocycles. The van der Waals surface area contributed by atoms with Gasteiger partial charge in [0.1, 0.15) is 0 Å². The zero-order valence-corrected chi connectivity index (χ0v) is 10.1. The van der Waals surface area contributed by atoms with Crippen molar-refractivity contribution in [3.63, 3.8) is 0 Å². The Morgan fingerprint density at radius 1 is 1.12 bits per heavy atom. The van der Waals surface area contributed by atoms with Gasteiger partial charge in [0.05, 0.1) is 4.90 Å². The van der Waals surface area contributed by atoms with Crippen molar-refractivity contribution >= 4 is 16.2 Å². The maximum Gasteiger partial charge on any atom is 0.267 e. The molecule has 1 aromatic rings. The maximum atomic E-state index is 12.2. The molecule has 0 spiro atoms. The molecule has 0 bridgehead atoms. The van der Waals surface area contributed by atoms with Gasteiger partial charge in [-0.1, -0.05) is 17.7 Å². The Hall–Kier alpha value is -1.88. The van der Waals surface area contributed by atoms with Crippen LogP contribution < -0.4 is 0 Å². The summed E-state index contributed by atoms with van der Waals surface area (Å²) in [6.07, 6.45) is 7.41. The average Bonchev–Trinajstić information content (AvgIpc) is 2.58. The van der Waals surface area contributed by atoms with Crippen LogP contribution in [0.3, 0.4) is 0 Å². The Bertz CT molecular complexity index is 567. The summed E-state index contributed by atoms with van der Waals surface area (Å²) in [6.45, 7) is 1.91. The molecule has 1 aromatic carbocycles. The Kier molecular flexibility index (Phi) is 3.10. The lowest BCUT2D eigenvalue weighted by molar-refractivity contribution is 0.553. The highest BCUT2D eigenvalue weighted by Gasteiger charge is 2.19. The predicted octanol–water partition coefficient (Wildman–Crippen LogP) is 2.06. The fraction of sp³-hybridized carbons (Fsp3) is 0.0833. The van der Waals surface area contributed by atoms with Crippen LogP contribution in [0.25, 0.3) is 0 Å². The number of aryl methyl sites for hydroxylation is 1. The van der Waals surface area contributed by atoms with E-state index in [9.17, 15) is 8.42 Å². The van der Waals surface area contributed by atoms with Crippen molar-refractivity contribution in [2.45, 2.75) is 11.8 Å². The van der Waals surface area contributed by atoms with E-state index in [4.69, 9.17) is 0 Å². The third-order valence-electron chi connectivity index (χ3n) is 2.30. The van der Waals surface area contributed by atoms with Crippen molar-refractivity contribution in [1.29, 1.82) is 0 Å². The zero-order valence-electron chi connectivity index (χ0n) is 9.32. The molecule has 0 N–H and O–H groups in total. The number of hydrogen-bond acceptors (Lipinski definition) is 3. The van der Waals surface area contributed by atoms with Gasteiger partial charge in [-0.2, -0.15) is 0 Å². The van der Waals surface area contributed by atoms with Crippen LogP contribution in [0.2, 0.25) is 0 Å². The lowest BCUT2D eigenvalue weighted by Gasteiger charge is -2.15. The smallest absolute Gasteiger partial charge is 0.263 e. The summed E-state index contributed by atoms with van der Waals surface area (Å²) in [5.74, 6) is 0. The molecule has 0 amide bonds. The van der Waals surface area contributed by atoms with Crippen molar-refractivity contribution in [2.75, 3.05) is 0 Å². The number of hydrogen-bond donors (Lipinski definition) is 0. The summed E-state index contributed by atoms with van der Waals surface area (Å²) >= 11 is 0. The first kappa shape index (κ1) is 11.6. The second-order valence-corrected chi connectivity index (χ2v) is 5.43. The molecule has 0 saturated carbocycles. The molecule has 2 rings (SSSR count). The van der Waals surface area contributed by atoms with Gasteiger partial charge in [0.25, 0.3) is 10.0 Å². The summed E-state index contributed by atoms with van der Waals surface area (Å²) in [6, 6.07) is 6.74. The van der Waals surface area contributed by atoms with Gasteiger partial charge < -0.3 is 0 Å². The lowest BCUT2D eigenvalue weighted by Crippen LogP contribution is -2.20. The molecule has 5 heteroatoms. The van der Waals surface area contributed by atoms with E-state index in [2.05, 4.69) is 4.99 Å². The van der Waals surface area contributed by atoms with Crippen LogP contribution in [0, 0.1) is 6.92 Å². The van der Waals surface area contributed by atoms with E-state index in [-0.39, 0.29) is 4.90 Å². The molecule has 1 aliphatic rings. The SMILES string of the molecule is Cc1ccc(S(=O)(=O)N2C=CC=NC=C2)cc1. The number of benzene rings is 1. The van der Waals surface area contributed by atoms with Crippen LogP contribution in [0.5, 0.6) is 0 Å². The van der Waals surface area contributed by atoms with Crippen molar-refractivity contribution in [2.24, 2.45) is 4.99 Å². The number of allylic oxidation sites excluding steroid dienone is 1. The maximum absolute atomic E-state index is 12.2. The quantitative estimate of drug-likeness (QED) is 0.804. The predicted molar refractivity (Wildman–Crippen MR) is 67.0 cm³/mol. The van der Waals surface area contributed by atoms with Crippen molar-refractivity contribution in [1.82, 2.24) is 4.31 Å². The Labute approximate surface area is 101 Å². The highest BCUT2D eigenvalue weighted by Crippen LogP contribution is 2.17. The Morgan fingerprint density at radius 3 is 2.53 bits per heavy atom. The van der Waals surface area contributed by atoms with Gasteiger partial charge in [0, 0.05) is 24.8 Å². The molecular formula is C12H12N2O2S. The fourth-order valence-electron chi connectivity index (χ4n) is 1.37. The normalized spacial score (nSPS) is 15.0. The molecule has 0 saturated heterocycles. The third kappa shape index (κ3) is 2.45. The van der Waals surface area contributed by atoms with Gasteiger partial charge in [-0.25, -0.2) is 12.7 Å². The van der Waals surface area contributed by atoms with Gasteiger partial charge in [-0.15, -0.1) is 0 Å². The number of sulfonamides is 1. The molecule has 0 aromatic heterocycles. The molecule has 1 heterocycles. The van der Waals surface area contributed by atoms with Gasteiger partial charge in [-0.05, 0) is 25.1 Å². The minimum absolute atomic E-state index is 0.263. The first-order valence-corrected chi connectivity index (χ1v) is 6.51. The first-order chi connectivity index (χ1) is 8.10. The summed E-state index contributed by atoms with van der Waals surface area (Å²) in [4.78, 5) is 4.11. The summed E-state index contributed by atoms with van der Waals surface area (Å²) in [7, 11) is -3.52. The second kappa shape index (κ2) is 4.55. The van der Waals surface area contributed by atoms with Crippen LogP contribution in [-0.2, 0) is 10.0 Å². The van der Waals surface area contributed by atoms with E-state index >= 15 is 0 Å². The first-order valence-electron chi connectivity index (χ1n) is 5.07. The van der Waals surface area contributed by atoms with Crippen LogP contribution >= 0.6 is 0 Å². The molecule has 4 nitrogen and oxygen atoms in total. The largest absolute Gasteiger partial charge is 0.267 e. The summed E-state index contributed by atoms with van der Waals surface area (Å²) < 4.78 is 25.6. The molecule has 0 unspecified atom stereocenters. The average molecular weight is 248 g/mol. The zero-order chi connectivity index (χ0) is 12.3. The monoisotopic (exact) mass is 248 g/mol. The molecule has 0 fully saturated rings. The highest BCUT2D eigenvalue weighted by molar-refractivity contribution is 7.89. The van der Waals surface area contributed by atoms with Gasteiger partial charge in [-0.3, -0.25) is 4.99 Å². The fourth-order valence-corrected chi connectivity index (χ4v) is 2.54. The van der Waals surface area contributed by atoms with Crippen molar-refractivity contribution in [3.8, 4) is 0 Å². The van der Waals surface area contributed by atoms with Gasteiger partial charge in [0.2, 0.25) is 0 Å². The summed E-state index contributed by atoms with van der Waals surface area (Å²) in [5, 5.41) is 0. The lowest BCUT2D eigenvalue weighted by atomic mass is 10.2. The molecular weight excluding hydrogens is 236 g/mol. The molecule has 1 aliphatic heterocycles. The van der Waals surface area contributed by atoms with Gasteiger partial charge in [0.15, 0.2) is 0 Å². The molecule has 17 heavy (non-hydrogen) atoms. The minimum Gasteiger partial charge on any atom is -0.263 e. The van der Waals surface area contributed by atoms with Gasteiger partial charge >= 0.3 is 0 Å². The molecule has 0 atom stereocenters. The third-order valence-corrected chi connectivity index (χ3v) is 3.97. The van der Waals surface area contributed by atoms with E-state index in [0.717, 1.165) is 9.87 Å². The number of rotatable bonds is 2. The van der Waals surface area contributed by atoms with Crippen molar-refractivity contribution < 1.29 is 8.42 Å². The van der Waals surface area contributed by atoms with E-state index in [1.54, 1.807) is 30.3 Å². The standard InChI is InChI=1S/C12H12N2O2S/c1-11-3-5-12(6-4-11)17(15,16)14-9-2-7-13-8-10-14/h2-10H,1H3. The van der Waals surface area contributed by atoms with E-state index < -0.39 is 10.0 Å². The highest BCUT2D eigenvalue weighted by atomic mass is 32.2. The topological polar surface area (TPSA) is 49.7 Å². The molecule has 0 radical (unpaired) electrons. The van der Waals surface area contributed by atoms with E-state index in [1.165, 1.54) is 24.8 Å². The van der Waals surface area contributed by atoms with Crippen LogP contribution in [0.1, 0.15) is 5.56 Å². The van der Waals surface area contributed by atoms with Crippen LogP contribution in [0.4, 0.5) is 0 Å². The van der Waals surface area contributed by atoms with Crippen LogP contribution in [-0.4, -0.2) is 18.9 Å². The Morgan fingerprint density at radius 2 is 1.82 bits per heavy atom. The second-order valence-electron chi connectivity index (χ2n) is 3.59. The van der Waals surface area contributed by atoms with Crippen LogP contribution in [0.15, 0.2) is 58.8 Å².